The van der Waals surface area contributed by atoms with Gasteiger partial charge in [-0.2, -0.15) is 0 Å². The van der Waals surface area contributed by atoms with Crippen molar-refractivity contribution in [2.45, 2.75) is 25.5 Å². The van der Waals surface area contributed by atoms with Gasteiger partial charge in [-0.3, -0.25) is 4.79 Å². The molecule has 1 aromatic carbocycles. The van der Waals surface area contributed by atoms with Crippen molar-refractivity contribution >= 4 is 24.3 Å². The minimum atomic E-state index is -0.0522. The van der Waals surface area contributed by atoms with Gasteiger partial charge in [-0.25, -0.2) is 4.98 Å². The van der Waals surface area contributed by atoms with Gasteiger partial charge in [0.25, 0.3) is 5.56 Å². The van der Waals surface area contributed by atoms with Crippen molar-refractivity contribution in [1.29, 1.82) is 0 Å². The Bertz CT molecular complexity index is 632. The van der Waals surface area contributed by atoms with Crippen LogP contribution in [0.2, 0.25) is 0 Å². The maximum Gasteiger partial charge on any atom is 0.269 e. The maximum atomic E-state index is 12.0. The first-order valence-electron chi connectivity index (χ1n) is 6.32. The van der Waals surface area contributed by atoms with Crippen LogP contribution in [0, 0.1) is 0 Å². The molecule has 1 aliphatic rings. The summed E-state index contributed by atoms with van der Waals surface area (Å²) in [4.78, 5) is 16.2. The van der Waals surface area contributed by atoms with Gasteiger partial charge in [0.05, 0.1) is 29.9 Å². The van der Waals surface area contributed by atoms with Crippen LogP contribution in [0.1, 0.15) is 12.8 Å². The lowest BCUT2D eigenvalue weighted by molar-refractivity contribution is 0.0972. The van der Waals surface area contributed by atoms with E-state index >= 15 is 0 Å². The van der Waals surface area contributed by atoms with Gasteiger partial charge in [-0.05, 0) is 25.0 Å². The zero-order valence-corrected chi connectivity index (χ0v) is 10.4. The summed E-state index contributed by atoms with van der Waals surface area (Å²) in [6, 6.07) is 5.98. The minimum Gasteiger partial charge on any atom is -0.376 e. The molecule has 0 spiro atoms. The molecule has 92 valence electrons. The molecule has 0 saturated carbocycles. The topological polar surface area (TPSA) is 44.1 Å². The third kappa shape index (κ3) is 2.06. The predicted octanol–water partition coefficient (Wildman–Crippen LogP) is -0.166. The number of hydrogen-bond donors (Lipinski definition) is 0. The van der Waals surface area contributed by atoms with Gasteiger partial charge in [-0.1, -0.05) is 11.5 Å². The van der Waals surface area contributed by atoms with Crippen molar-refractivity contribution in [2.24, 2.45) is 0 Å². The molecule has 5 heteroatoms. The van der Waals surface area contributed by atoms with E-state index < -0.39 is 0 Å². The summed E-state index contributed by atoms with van der Waals surface area (Å²) in [6.07, 6.45) is 3.67. The van der Waals surface area contributed by atoms with Crippen LogP contribution in [-0.4, -0.2) is 30.1 Å². The number of fused-ring (bicyclic) bond motifs is 1. The van der Waals surface area contributed by atoms with E-state index in [1.54, 1.807) is 4.57 Å². The number of rotatable bonds is 2. The number of aromatic nitrogens is 2. The number of hydrogen-bond acceptors (Lipinski definition) is 3. The van der Waals surface area contributed by atoms with E-state index in [-0.39, 0.29) is 11.7 Å². The van der Waals surface area contributed by atoms with Crippen LogP contribution in [0.3, 0.4) is 0 Å². The van der Waals surface area contributed by atoms with Gasteiger partial charge >= 0.3 is 0 Å². The zero-order valence-electron chi connectivity index (χ0n) is 10.4. The normalized spacial score (nSPS) is 19.4. The molecule has 3 rings (SSSR count). The third-order valence-corrected chi connectivity index (χ3v) is 3.41. The highest BCUT2D eigenvalue weighted by molar-refractivity contribution is 6.33. The molecule has 0 N–H and O–H groups in total. The SMILES string of the molecule is Bc1ccc2ncc(=O)n(CC3CCCO3)c2c1. The van der Waals surface area contributed by atoms with E-state index in [2.05, 4.69) is 4.98 Å². The van der Waals surface area contributed by atoms with Crippen LogP contribution >= 0.6 is 0 Å². The molecule has 0 amide bonds. The maximum absolute atomic E-state index is 12.0. The molecule has 1 aliphatic heterocycles. The van der Waals surface area contributed by atoms with Crippen LogP contribution < -0.4 is 11.0 Å². The van der Waals surface area contributed by atoms with Crippen molar-refractivity contribution < 1.29 is 4.74 Å². The Balaban J connectivity index is 2.10. The fraction of sp³-hybridized carbons (Fsp3) is 0.385. The van der Waals surface area contributed by atoms with Crippen LogP contribution in [0.5, 0.6) is 0 Å². The molecule has 0 aliphatic carbocycles. The quantitative estimate of drug-likeness (QED) is 0.687. The Morgan fingerprint density at radius 1 is 1.50 bits per heavy atom. The van der Waals surface area contributed by atoms with Crippen LogP contribution in [0.25, 0.3) is 11.0 Å². The lowest BCUT2D eigenvalue weighted by Crippen LogP contribution is -2.27. The van der Waals surface area contributed by atoms with Crippen molar-refractivity contribution in [3.05, 3.63) is 34.7 Å². The van der Waals surface area contributed by atoms with E-state index in [0.29, 0.717) is 6.54 Å². The predicted molar refractivity (Wildman–Crippen MR) is 73.2 cm³/mol. The molecule has 1 fully saturated rings. The first-order valence-corrected chi connectivity index (χ1v) is 6.32. The summed E-state index contributed by atoms with van der Waals surface area (Å²) >= 11 is 0. The lowest BCUT2D eigenvalue weighted by Gasteiger charge is -2.14. The highest BCUT2D eigenvalue weighted by Gasteiger charge is 2.17. The Morgan fingerprint density at radius 3 is 3.17 bits per heavy atom. The molecule has 2 heterocycles. The second kappa shape index (κ2) is 4.57. The highest BCUT2D eigenvalue weighted by atomic mass is 16.5. The Labute approximate surface area is 106 Å². The van der Waals surface area contributed by atoms with Gasteiger partial charge in [0.2, 0.25) is 0 Å². The van der Waals surface area contributed by atoms with E-state index in [1.165, 1.54) is 6.20 Å². The molecule has 0 radical (unpaired) electrons. The average molecular weight is 242 g/mol. The summed E-state index contributed by atoms with van der Waals surface area (Å²) in [6.45, 7) is 1.43. The summed E-state index contributed by atoms with van der Waals surface area (Å²) in [5.74, 6) is 0. The van der Waals surface area contributed by atoms with E-state index in [9.17, 15) is 4.79 Å². The van der Waals surface area contributed by atoms with Crippen LogP contribution in [-0.2, 0) is 11.3 Å². The van der Waals surface area contributed by atoms with Gasteiger partial charge in [0, 0.05) is 6.61 Å². The summed E-state index contributed by atoms with van der Waals surface area (Å²) in [5.41, 5.74) is 2.84. The van der Waals surface area contributed by atoms with Crippen molar-refractivity contribution in [1.82, 2.24) is 9.55 Å². The Hall–Kier alpha value is -1.62. The van der Waals surface area contributed by atoms with Crippen LogP contribution in [0.15, 0.2) is 29.2 Å². The molecule has 0 bridgehead atoms. The average Bonchev–Trinajstić information content (AvgIpc) is 2.86. The minimum absolute atomic E-state index is 0.0522. The van der Waals surface area contributed by atoms with Gasteiger partial charge < -0.3 is 9.30 Å². The molecular weight excluding hydrogens is 227 g/mol. The van der Waals surface area contributed by atoms with E-state index in [4.69, 9.17) is 4.74 Å². The van der Waals surface area contributed by atoms with Crippen LogP contribution in [0.4, 0.5) is 0 Å². The lowest BCUT2D eigenvalue weighted by atomic mass is 9.96. The first-order chi connectivity index (χ1) is 8.74. The van der Waals surface area contributed by atoms with Gasteiger partial charge in [0.15, 0.2) is 0 Å². The summed E-state index contributed by atoms with van der Waals surface area (Å²) in [7, 11) is 2.02. The third-order valence-electron chi connectivity index (χ3n) is 3.41. The van der Waals surface area contributed by atoms with Crippen molar-refractivity contribution in [3.8, 4) is 0 Å². The van der Waals surface area contributed by atoms with E-state index in [0.717, 1.165) is 35.9 Å². The van der Waals surface area contributed by atoms with Crippen molar-refractivity contribution in [3.63, 3.8) is 0 Å². The fourth-order valence-electron chi connectivity index (χ4n) is 2.45. The molecule has 1 atom stereocenters. The Kier molecular flexibility index (Phi) is 2.92. The smallest absolute Gasteiger partial charge is 0.269 e. The first kappa shape index (κ1) is 11.5. The zero-order chi connectivity index (χ0) is 12.5. The standard InChI is InChI=1S/C13H15BN2O2/c14-9-3-4-11-12(6-9)16(13(17)7-15-11)8-10-2-1-5-18-10/h3-4,6-7,10H,1-2,5,8,14H2. The monoisotopic (exact) mass is 242 g/mol. The fourth-order valence-corrected chi connectivity index (χ4v) is 2.45. The van der Waals surface area contributed by atoms with Gasteiger partial charge in [0.1, 0.15) is 7.85 Å². The molecule has 2 aromatic rings. The Morgan fingerprint density at radius 2 is 2.39 bits per heavy atom. The molecule has 1 saturated heterocycles. The largest absolute Gasteiger partial charge is 0.376 e. The van der Waals surface area contributed by atoms with Crippen molar-refractivity contribution in [2.75, 3.05) is 6.61 Å². The molecular formula is C13H15BN2O2. The van der Waals surface area contributed by atoms with Gasteiger partial charge in [-0.15, -0.1) is 0 Å². The second-order valence-corrected chi connectivity index (χ2v) is 4.83. The highest BCUT2D eigenvalue weighted by Crippen LogP contribution is 2.15. The second-order valence-electron chi connectivity index (χ2n) is 4.83. The summed E-state index contributed by atoms with van der Waals surface area (Å²) < 4.78 is 7.39. The molecule has 18 heavy (non-hydrogen) atoms. The van der Waals surface area contributed by atoms with E-state index in [1.807, 2.05) is 26.0 Å². The molecule has 1 aromatic heterocycles. The molecule has 4 nitrogen and oxygen atoms in total. The number of benzene rings is 1. The summed E-state index contributed by atoms with van der Waals surface area (Å²) in [5, 5.41) is 0. The number of ether oxygens (including phenoxy) is 1. The molecule has 1 unspecified atom stereocenters. The number of nitrogens with zero attached hydrogens (tertiary/aromatic N) is 2.